The van der Waals surface area contributed by atoms with E-state index in [1.165, 1.54) is 0 Å². The van der Waals surface area contributed by atoms with Crippen LogP contribution in [0.5, 0.6) is 0 Å². The Morgan fingerprint density at radius 1 is 0.750 bits per heavy atom. The molecule has 0 aliphatic rings. The molecule has 3 rings (SSSR count). The molecule has 0 saturated heterocycles. The number of hydrogen-bond acceptors (Lipinski definition) is 2. The maximum absolute atomic E-state index is 12.6. The number of ketones is 1. The van der Waals surface area contributed by atoms with Crippen molar-refractivity contribution in [3.8, 4) is 0 Å². The molecule has 3 aromatic rings. The van der Waals surface area contributed by atoms with Gasteiger partial charge < -0.3 is 5.32 Å². The molecular weight excluding hydrogens is 362 g/mol. The number of carbonyl (C=O) groups is 1. The van der Waals surface area contributed by atoms with Gasteiger partial charge >= 0.3 is 0 Å². The zero-order chi connectivity index (χ0) is 16.8. The van der Waals surface area contributed by atoms with Gasteiger partial charge in [0.1, 0.15) is 0 Å². The highest BCUT2D eigenvalue weighted by atomic mass is 79.9. The van der Waals surface area contributed by atoms with Gasteiger partial charge in [-0.25, -0.2) is 0 Å². The minimum atomic E-state index is -0.0333. The van der Waals surface area contributed by atoms with E-state index in [-0.39, 0.29) is 5.78 Å². The summed E-state index contributed by atoms with van der Waals surface area (Å²) in [7, 11) is 0. The number of nitrogens with one attached hydrogen (secondary N) is 1. The highest BCUT2D eigenvalue weighted by Crippen LogP contribution is 2.26. The Balaban J connectivity index is 1.98. The molecule has 24 heavy (non-hydrogen) atoms. The molecule has 0 amide bonds. The number of carbonyl (C=O) groups excluding carboxylic acids is 1. The molecule has 0 radical (unpaired) electrons. The number of allylic oxidation sites excluding steroid dienone is 1. The molecule has 0 heterocycles. The molecule has 0 aliphatic carbocycles. The van der Waals surface area contributed by atoms with Crippen LogP contribution >= 0.6 is 15.9 Å². The Bertz CT molecular complexity index is 857. The van der Waals surface area contributed by atoms with E-state index in [0.717, 1.165) is 21.4 Å². The van der Waals surface area contributed by atoms with E-state index in [1.54, 1.807) is 6.08 Å². The molecule has 0 aromatic heterocycles. The van der Waals surface area contributed by atoms with E-state index in [2.05, 4.69) is 21.2 Å². The van der Waals surface area contributed by atoms with Gasteiger partial charge in [-0.2, -0.15) is 0 Å². The van der Waals surface area contributed by atoms with Crippen molar-refractivity contribution in [2.45, 2.75) is 0 Å². The molecule has 1 N–H and O–H groups in total. The topological polar surface area (TPSA) is 29.1 Å². The van der Waals surface area contributed by atoms with Gasteiger partial charge in [-0.1, -0.05) is 72.8 Å². The zero-order valence-electron chi connectivity index (χ0n) is 12.9. The lowest BCUT2D eigenvalue weighted by Gasteiger charge is -2.13. The van der Waals surface area contributed by atoms with Gasteiger partial charge in [0, 0.05) is 21.8 Å². The molecule has 118 valence electrons. The predicted octanol–water partition coefficient (Wildman–Crippen LogP) is 5.79. The third-order valence-corrected chi connectivity index (χ3v) is 4.25. The van der Waals surface area contributed by atoms with Gasteiger partial charge in [0.2, 0.25) is 0 Å². The summed E-state index contributed by atoms with van der Waals surface area (Å²) in [5, 5.41) is 3.36. The number of hydrogen-bond donors (Lipinski definition) is 1. The monoisotopic (exact) mass is 377 g/mol. The molecule has 0 atom stereocenters. The molecule has 0 bridgehead atoms. The van der Waals surface area contributed by atoms with Crippen molar-refractivity contribution >= 4 is 33.1 Å². The fourth-order valence-electron chi connectivity index (χ4n) is 2.33. The van der Waals surface area contributed by atoms with E-state index >= 15 is 0 Å². The highest BCUT2D eigenvalue weighted by molar-refractivity contribution is 9.10. The minimum absolute atomic E-state index is 0.0333. The third kappa shape index (κ3) is 4.00. The fraction of sp³-hybridized carbons (Fsp3) is 0. The number of halogens is 1. The van der Waals surface area contributed by atoms with Crippen molar-refractivity contribution in [3.63, 3.8) is 0 Å². The standard InChI is InChI=1S/C21H16BrNO/c22-18-13-7-8-14-19(18)23-20(16-9-3-1-4-10-16)15-21(24)17-11-5-2-6-12-17/h1-15,23H/b20-15+. The number of para-hydroxylation sites is 1. The third-order valence-electron chi connectivity index (χ3n) is 3.56. The lowest BCUT2D eigenvalue weighted by atomic mass is 10.1. The Morgan fingerprint density at radius 3 is 1.92 bits per heavy atom. The molecule has 0 fully saturated rings. The normalized spacial score (nSPS) is 11.1. The minimum Gasteiger partial charge on any atom is -0.354 e. The first-order valence-electron chi connectivity index (χ1n) is 7.62. The van der Waals surface area contributed by atoms with E-state index in [4.69, 9.17) is 0 Å². The van der Waals surface area contributed by atoms with Crippen LogP contribution in [0.3, 0.4) is 0 Å². The quantitative estimate of drug-likeness (QED) is 0.450. The van der Waals surface area contributed by atoms with Crippen molar-refractivity contribution < 1.29 is 4.79 Å². The van der Waals surface area contributed by atoms with Crippen molar-refractivity contribution in [2.75, 3.05) is 5.32 Å². The van der Waals surface area contributed by atoms with Crippen LogP contribution in [0.25, 0.3) is 5.70 Å². The summed E-state index contributed by atoms with van der Waals surface area (Å²) in [5.74, 6) is -0.0333. The lowest BCUT2D eigenvalue weighted by Crippen LogP contribution is -2.04. The number of rotatable bonds is 5. The summed E-state index contributed by atoms with van der Waals surface area (Å²) in [6.07, 6.45) is 1.64. The summed E-state index contributed by atoms with van der Waals surface area (Å²) in [6.45, 7) is 0. The molecule has 0 saturated carbocycles. The van der Waals surface area contributed by atoms with Crippen LogP contribution in [0, 0.1) is 0 Å². The van der Waals surface area contributed by atoms with Gasteiger partial charge in [0.05, 0.1) is 5.69 Å². The first kappa shape index (κ1) is 16.2. The van der Waals surface area contributed by atoms with E-state index < -0.39 is 0 Å². The largest absolute Gasteiger partial charge is 0.354 e. The summed E-state index contributed by atoms with van der Waals surface area (Å²) >= 11 is 3.53. The predicted molar refractivity (Wildman–Crippen MR) is 103 cm³/mol. The summed E-state index contributed by atoms with van der Waals surface area (Å²) in [5.41, 5.74) is 3.29. The maximum Gasteiger partial charge on any atom is 0.187 e. The van der Waals surface area contributed by atoms with Crippen LogP contribution in [0.4, 0.5) is 5.69 Å². The Labute approximate surface area is 150 Å². The van der Waals surface area contributed by atoms with Crippen molar-refractivity contribution in [1.29, 1.82) is 0 Å². The van der Waals surface area contributed by atoms with Gasteiger partial charge in [-0.3, -0.25) is 4.79 Å². The fourth-order valence-corrected chi connectivity index (χ4v) is 2.72. The van der Waals surface area contributed by atoms with Crippen LogP contribution in [0.15, 0.2) is 95.5 Å². The summed E-state index contributed by atoms with van der Waals surface area (Å²) < 4.78 is 0.944. The molecular formula is C21H16BrNO. The van der Waals surface area contributed by atoms with Crippen LogP contribution in [0.1, 0.15) is 15.9 Å². The summed E-state index contributed by atoms with van der Waals surface area (Å²) in [6, 6.07) is 26.9. The van der Waals surface area contributed by atoms with Gasteiger partial charge in [-0.15, -0.1) is 0 Å². The number of anilines is 1. The molecule has 3 aromatic carbocycles. The molecule has 0 spiro atoms. The summed E-state index contributed by atoms with van der Waals surface area (Å²) in [4.78, 5) is 12.6. The second-order valence-electron chi connectivity index (χ2n) is 5.26. The van der Waals surface area contributed by atoms with E-state index in [1.807, 2.05) is 84.9 Å². The van der Waals surface area contributed by atoms with Gasteiger partial charge in [0.15, 0.2) is 5.78 Å². The van der Waals surface area contributed by atoms with Crippen LogP contribution in [-0.2, 0) is 0 Å². The molecule has 2 nitrogen and oxygen atoms in total. The average molecular weight is 378 g/mol. The highest BCUT2D eigenvalue weighted by Gasteiger charge is 2.08. The molecule has 3 heteroatoms. The SMILES string of the molecule is O=C(/C=C(/Nc1ccccc1Br)c1ccccc1)c1ccccc1. The first-order chi connectivity index (χ1) is 11.7. The van der Waals surface area contributed by atoms with Gasteiger partial charge in [-0.05, 0) is 33.6 Å². The smallest absolute Gasteiger partial charge is 0.187 e. The first-order valence-corrected chi connectivity index (χ1v) is 8.41. The van der Waals surface area contributed by atoms with Crippen molar-refractivity contribution in [3.05, 3.63) is 107 Å². The van der Waals surface area contributed by atoms with Crippen molar-refractivity contribution in [2.24, 2.45) is 0 Å². The van der Waals surface area contributed by atoms with Crippen LogP contribution in [0.2, 0.25) is 0 Å². The second kappa shape index (κ2) is 7.75. The molecule has 0 aliphatic heterocycles. The van der Waals surface area contributed by atoms with Crippen molar-refractivity contribution in [1.82, 2.24) is 0 Å². The number of benzene rings is 3. The van der Waals surface area contributed by atoms with Crippen LogP contribution < -0.4 is 5.32 Å². The molecule has 0 unspecified atom stereocenters. The maximum atomic E-state index is 12.6. The van der Waals surface area contributed by atoms with E-state index in [9.17, 15) is 4.79 Å². The lowest BCUT2D eigenvalue weighted by molar-refractivity contribution is 0.104. The Kier molecular flexibility index (Phi) is 5.24. The van der Waals surface area contributed by atoms with E-state index in [0.29, 0.717) is 5.56 Å². The zero-order valence-corrected chi connectivity index (χ0v) is 14.5. The second-order valence-corrected chi connectivity index (χ2v) is 6.11. The Morgan fingerprint density at radius 2 is 1.29 bits per heavy atom. The van der Waals surface area contributed by atoms with Gasteiger partial charge in [0.25, 0.3) is 0 Å². The van der Waals surface area contributed by atoms with Crippen LogP contribution in [-0.4, -0.2) is 5.78 Å². The average Bonchev–Trinajstić information content (AvgIpc) is 2.64. The Hall–Kier alpha value is -2.65.